The third kappa shape index (κ3) is 55.7. The number of allylic oxidation sites excluding steroid dienone is 2. The summed E-state index contributed by atoms with van der Waals surface area (Å²) in [6, 6.07) is 14.9. The number of thiophene rings is 2. The van der Waals surface area contributed by atoms with Gasteiger partial charge in [-0.05, 0) is 0 Å². The molecule has 0 fully saturated rings. The second-order valence-electron chi connectivity index (χ2n) is 41.3. The molecule has 0 spiro atoms. The van der Waals surface area contributed by atoms with Crippen LogP contribution in [0, 0.1) is 0 Å². The normalized spacial score (nSPS) is 13.3. The van der Waals surface area contributed by atoms with Crippen molar-refractivity contribution in [3.05, 3.63) is 45.2 Å². The van der Waals surface area contributed by atoms with Crippen LogP contribution < -0.4 is 5.79 Å². The summed E-state index contributed by atoms with van der Waals surface area (Å²) in [6.45, 7) is 24.6. The Labute approximate surface area is 781 Å². The fourth-order valence-electron chi connectivity index (χ4n) is 22.1. The van der Waals surface area contributed by atoms with E-state index in [0.717, 1.165) is 0 Å². The van der Waals surface area contributed by atoms with Crippen molar-refractivity contribution >= 4 is 83.7 Å². The first-order valence-corrected chi connectivity index (χ1v) is 76.5. The fraction of sp³-hybridized carbons (Fsp3) is 0.897. The molecule has 0 N–H and O–H groups in total. The van der Waals surface area contributed by atoms with E-state index in [9.17, 15) is 0 Å². The predicted octanol–water partition coefficient (Wildman–Crippen LogP) is 43.6. The number of rotatable bonds is 98. The van der Waals surface area contributed by atoms with Gasteiger partial charge in [-0.1, -0.05) is 336 Å². The molecule has 121 heavy (non-hydrogen) atoms. The molecule has 2 aromatic heterocycles. The molecule has 1 aliphatic heterocycles. The minimum Gasteiger partial charge on any atom is -0.0654 e. The van der Waals surface area contributed by atoms with Crippen LogP contribution in [-0.4, -0.2) is 44.8 Å². The smallest absolute Gasteiger partial charge is 0.0654 e. The minimum atomic E-state index is -2.79. The predicted molar refractivity (Wildman–Crippen MR) is 571 cm³/mol. The van der Waals surface area contributed by atoms with Gasteiger partial charge in [0.05, 0.1) is 0 Å². The molecule has 0 saturated carbocycles. The van der Waals surface area contributed by atoms with Crippen molar-refractivity contribution in [1.29, 1.82) is 0 Å². The molecule has 0 unspecified atom stereocenters. The molecule has 0 aliphatic carbocycles. The zero-order valence-corrected chi connectivity index (χ0v) is 93.4. The number of unbranched alkanes of at least 4 members (excludes halogenated alkanes) is 74. The molecule has 0 bridgehead atoms. The van der Waals surface area contributed by atoms with Gasteiger partial charge in [-0.2, -0.15) is 0 Å². The Balaban J connectivity index is 2.23. The van der Waals surface area contributed by atoms with Crippen molar-refractivity contribution in [3.8, 4) is 0 Å². The minimum absolute atomic E-state index is 1.37. The Hall–Kier alpha value is 0.694. The molecule has 1 aliphatic rings. The summed E-state index contributed by atoms with van der Waals surface area (Å²) in [4.78, 5) is 3.75. The van der Waals surface area contributed by atoms with Crippen LogP contribution in [-0.2, 0) is 0 Å². The maximum atomic E-state index is 2.95. The van der Waals surface area contributed by atoms with E-state index >= 15 is 0 Å². The van der Waals surface area contributed by atoms with Gasteiger partial charge in [0.15, 0.2) is 0 Å². The summed E-state index contributed by atoms with van der Waals surface area (Å²) < 4.78 is 13.7. The zero-order chi connectivity index (χ0) is 86.8. The Bertz CT molecular complexity index is 2330. The average Bonchev–Trinajstić information content (AvgIpc) is 1.55. The monoisotopic (exact) mass is 1950 g/mol. The Morgan fingerprint density at radius 1 is 0.174 bits per heavy atom. The zero-order valence-electron chi connectivity index (χ0n) is 85.1. The molecule has 5 heteroatoms. The number of hydrogen-bond donors (Lipinski definition) is 0. The van der Waals surface area contributed by atoms with E-state index in [4.69, 9.17) is 0 Å². The van der Waals surface area contributed by atoms with E-state index in [2.05, 4.69) is 127 Å². The van der Waals surface area contributed by atoms with E-state index in [1.807, 2.05) is 26.7 Å². The van der Waals surface area contributed by atoms with Crippen molar-refractivity contribution in [2.45, 2.75) is 660 Å². The second kappa shape index (κ2) is 84.9. The van der Waals surface area contributed by atoms with Crippen LogP contribution in [0.15, 0.2) is 35.4 Å². The quantitative estimate of drug-likeness (QED) is 0.0457. The molecule has 710 valence electrons. The molecule has 0 radical (unpaired) electrons. The summed E-state index contributed by atoms with van der Waals surface area (Å²) in [7, 11) is -2.36. The van der Waals surface area contributed by atoms with Crippen LogP contribution in [0.4, 0.5) is 0 Å². The summed E-state index contributed by atoms with van der Waals surface area (Å²) >= 11 is -0.506. The Morgan fingerprint density at radius 2 is 0.322 bits per heavy atom. The SMILES string of the molecule is CCCCCCCCCCCCCCCCCCCCC1=C(c2cc[c]([Sn]([CH2]CCC)([CH2]CCC)[CH2]CCC)s2)[Si](CCCCCCCCCCCCCCCCCCCC)(CCCCCCCCCCCCCCCCCCCC)C(c2cc[c]([Sn]([CH2]CCC)([CH2]CCC)[CH2]CCC)s2)=C1CCCCCCCCCCCCCCCCCCCC. The van der Waals surface area contributed by atoms with Gasteiger partial charge in [-0.25, -0.2) is 0 Å². The summed E-state index contributed by atoms with van der Waals surface area (Å²) in [5.74, 6) is 0. The third-order valence-electron chi connectivity index (χ3n) is 30.2. The molecule has 0 saturated heterocycles. The average molecular weight is 1950 g/mol. The van der Waals surface area contributed by atoms with Gasteiger partial charge in [-0.3, -0.25) is 0 Å². The fourth-order valence-corrected chi connectivity index (χ4v) is 69.9. The van der Waals surface area contributed by atoms with E-state index in [1.165, 1.54) is 564 Å². The van der Waals surface area contributed by atoms with E-state index in [1.54, 1.807) is 26.6 Å². The van der Waals surface area contributed by atoms with Gasteiger partial charge >= 0.3 is 453 Å². The first kappa shape index (κ1) is 116. The molecule has 0 nitrogen and oxygen atoms in total. The molecular formula is C116H222S2SiSn2. The van der Waals surface area contributed by atoms with Gasteiger partial charge < -0.3 is 0 Å². The third-order valence-corrected chi connectivity index (χ3v) is 74.8. The van der Waals surface area contributed by atoms with Crippen molar-refractivity contribution in [2.24, 2.45) is 0 Å². The molecule has 0 aromatic carbocycles. The molecule has 3 rings (SSSR count). The first-order chi connectivity index (χ1) is 59.8. The molecule has 0 atom stereocenters. The van der Waals surface area contributed by atoms with Crippen LogP contribution in [0.5, 0.6) is 0 Å². The Kier molecular flexibility index (Phi) is 81.3. The van der Waals surface area contributed by atoms with Crippen LogP contribution in [0.1, 0.15) is 631 Å². The van der Waals surface area contributed by atoms with E-state index in [0.29, 0.717) is 0 Å². The van der Waals surface area contributed by atoms with Crippen LogP contribution in [0.2, 0.25) is 38.7 Å². The van der Waals surface area contributed by atoms with Gasteiger partial charge in [0.2, 0.25) is 0 Å². The molecule has 2 aromatic rings. The van der Waals surface area contributed by atoms with Crippen LogP contribution in [0.25, 0.3) is 10.4 Å². The standard InChI is InChI=1S/C92H168S2Si.6C4H9.2Sn/c1-5-9-13-17-21-25-29-33-37-41-45-49-53-57-61-65-69-73-79-87-88(80-74-70-66-62-58-54-50-46-42-38-34-30-26-22-18-14-10-6-2)92(90-82-78-84-94-90)95(91(87)89-81-77-83-93-89,85-75-71-67-63-59-55-51-47-43-39-35-31-27-23-19-15-11-7-3)86-76-72-68-64-60-56-52-48-44-40-36-32-28-24-20-16-12-8-4;6*1-3-4-2;;/h77-78,81-82H,5-76,79-80,85-86H2,1-4H3;6*1,3-4H2,2H3;;. The van der Waals surface area contributed by atoms with Crippen molar-refractivity contribution < 1.29 is 0 Å². The summed E-state index contributed by atoms with van der Waals surface area (Å²) in [5, 5.41) is 4.24. The maximum absolute atomic E-state index is 2.95. The summed E-state index contributed by atoms with van der Waals surface area (Å²) in [6.07, 6.45) is 125. The molecule has 3 heterocycles. The van der Waals surface area contributed by atoms with Crippen molar-refractivity contribution in [3.63, 3.8) is 0 Å². The van der Waals surface area contributed by atoms with Crippen molar-refractivity contribution in [1.82, 2.24) is 0 Å². The van der Waals surface area contributed by atoms with E-state index < -0.39 is 44.8 Å². The van der Waals surface area contributed by atoms with Gasteiger partial charge in [0.1, 0.15) is 0 Å². The molecular weight excluding hydrogens is 1720 g/mol. The topological polar surface area (TPSA) is 0 Å². The van der Waals surface area contributed by atoms with Crippen LogP contribution in [0.3, 0.4) is 0 Å². The van der Waals surface area contributed by atoms with Gasteiger partial charge in [0, 0.05) is 0 Å². The molecule has 0 amide bonds. The number of hydrogen-bond acceptors (Lipinski definition) is 2. The van der Waals surface area contributed by atoms with Gasteiger partial charge in [0.25, 0.3) is 0 Å². The van der Waals surface area contributed by atoms with Crippen molar-refractivity contribution in [2.75, 3.05) is 0 Å². The van der Waals surface area contributed by atoms with Gasteiger partial charge in [-0.15, -0.1) is 0 Å². The second-order valence-corrected chi connectivity index (χ2v) is 76.0. The summed E-state index contributed by atoms with van der Waals surface area (Å²) in [5.41, 5.74) is 4.04. The van der Waals surface area contributed by atoms with E-state index in [-0.39, 0.29) is 0 Å². The van der Waals surface area contributed by atoms with Crippen LogP contribution >= 0.6 is 22.7 Å². The first-order valence-electron chi connectivity index (χ1n) is 57.5. The Morgan fingerprint density at radius 3 is 0.488 bits per heavy atom.